The highest BCUT2D eigenvalue weighted by Gasteiger charge is 2.24. The molecular weight excluding hydrogens is 254 g/mol. The average molecular weight is 283 g/mol. The lowest BCUT2D eigenvalue weighted by molar-refractivity contribution is -0.131. The maximum absolute atomic E-state index is 12.1. The molecule has 2 rings (SSSR count). The fourth-order valence-corrected chi connectivity index (χ4v) is 3.09. The molecule has 0 aromatic carbocycles. The standard InChI is InChI=1S/C15H29N3O2/c1-20-11-6-16-12-14-4-9-17(10-5-14)13-15(19)18-7-2-3-8-18/h14,16H,2-13H2,1H3. The van der Waals surface area contributed by atoms with Crippen molar-refractivity contribution < 1.29 is 9.53 Å². The molecule has 5 nitrogen and oxygen atoms in total. The second kappa shape index (κ2) is 8.60. The van der Waals surface area contributed by atoms with E-state index in [1.165, 1.54) is 25.7 Å². The van der Waals surface area contributed by atoms with Crippen LogP contribution in [0.2, 0.25) is 0 Å². The fourth-order valence-electron chi connectivity index (χ4n) is 3.09. The van der Waals surface area contributed by atoms with E-state index in [0.717, 1.165) is 51.8 Å². The molecule has 2 heterocycles. The van der Waals surface area contributed by atoms with Crippen LogP contribution in [-0.4, -0.2) is 75.2 Å². The number of hydrogen-bond acceptors (Lipinski definition) is 4. The zero-order chi connectivity index (χ0) is 14.2. The number of hydrogen-bond donors (Lipinski definition) is 1. The topological polar surface area (TPSA) is 44.8 Å². The number of nitrogens with zero attached hydrogens (tertiary/aromatic N) is 2. The van der Waals surface area contributed by atoms with Crippen LogP contribution >= 0.6 is 0 Å². The Bertz CT molecular complexity index is 285. The molecule has 2 aliphatic rings. The first kappa shape index (κ1) is 15.7. The van der Waals surface area contributed by atoms with Gasteiger partial charge in [-0.25, -0.2) is 0 Å². The van der Waals surface area contributed by atoms with Gasteiger partial charge in [0, 0.05) is 26.7 Å². The first-order valence-electron chi connectivity index (χ1n) is 7.99. The molecule has 1 N–H and O–H groups in total. The Morgan fingerprint density at radius 2 is 1.90 bits per heavy atom. The fraction of sp³-hybridized carbons (Fsp3) is 0.933. The van der Waals surface area contributed by atoms with E-state index in [1.54, 1.807) is 7.11 Å². The minimum Gasteiger partial charge on any atom is -0.383 e. The minimum absolute atomic E-state index is 0.333. The van der Waals surface area contributed by atoms with Crippen LogP contribution in [0.15, 0.2) is 0 Å². The van der Waals surface area contributed by atoms with E-state index >= 15 is 0 Å². The summed E-state index contributed by atoms with van der Waals surface area (Å²) in [7, 11) is 1.73. The Balaban J connectivity index is 1.58. The van der Waals surface area contributed by atoms with Crippen LogP contribution < -0.4 is 5.32 Å². The molecule has 20 heavy (non-hydrogen) atoms. The first-order chi connectivity index (χ1) is 9.79. The SMILES string of the molecule is COCCNCC1CCN(CC(=O)N2CCCC2)CC1. The summed E-state index contributed by atoms with van der Waals surface area (Å²) in [5.74, 6) is 1.09. The molecule has 0 spiro atoms. The monoisotopic (exact) mass is 283 g/mol. The molecule has 0 aliphatic carbocycles. The number of piperidine rings is 1. The number of carbonyl (C=O) groups is 1. The zero-order valence-corrected chi connectivity index (χ0v) is 12.8. The molecule has 0 bridgehead atoms. The van der Waals surface area contributed by atoms with Gasteiger partial charge in [-0.1, -0.05) is 0 Å². The summed E-state index contributed by atoms with van der Waals surface area (Å²) in [4.78, 5) is 16.4. The van der Waals surface area contributed by atoms with Gasteiger partial charge in [-0.05, 0) is 51.2 Å². The van der Waals surface area contributed by atoms with Crippen molar-refractivity contribution >= 4 is 5.91 Å². The number of likely N-dealkylation sites (tertiary alicyclic amines) is 2. The molecule has 2 saturated heterocycles. The van der Waals surface area contributed by atoms with Crippen LogP contribution in [-0.2, 0) is 9.53 Å². The van der Waals surface area contributed by atoms with Gasteiger partial charge in [0.15, 0.2) is 0 Å². The van der Waals surface area contributed by atoms with Gasteiger partial charge < -0.3 is 15.0 Å². The summed E-state index contributed by atoms with van der Waals surface area (Å²) in [6.45, 7) is 7.50. The predicted octanol–water partition coefficient (Wildman–Crippen LogP) is 0.557. The van der Waals surface area contributed by atoms with E-state index in [1.807, 2.05) is 4.90 Å². The lowest BCUT2D eigenvalue weighted by atomic mass is 9.97. The molecule has 0 aromatic rings. The number of methoxy groups -OCH3 is 1. The molecule has 0 atom stereocenters. The maximum Gasteiger partial charge on any atom is 0.236 e. The Morgan fingerprint density at radius 1 is 1.20 bits per heavy atom. The highest BCUT2D eigenvalue weighted by atomic mass is 16.5. The van der Waals surface area contributed by atoms with Gasteiger partial charge >= 0.3 is 0 Å². The molecule has 2 aliphatic heterocycles. The zero-order valence-electron chi connectivity index (χ0n) is 12.8. The highest BCUT2D eigenvalue weighted by Crippen LogP contribution is 2.17. The smallest absolute Gasteiger partial charge is 0.236 e. The van der Waals surface area contributed by atoms with Crippen molar-refractivity contribution in [1.82, 2.24) is 15.1 Å². The van der Waals surface area contributed by atoms with Crippen molar-refractivity contribution in [3.05, 3.63) is 0 Å². The number of rotatable bonds is 7. The van der Waals surface area contributed by atoms with Crippen LogP contribution in [0.4, 0.5) is 0 Å². The Kier molecular flexibility index (Phi) is 6.76. The van der Waals surface area contributed by atoms with Gasteiger partial charge in [0.2, 0.25) is 5.91 Å². The van der Waals surface area contributed by atoms with Crippen molar-refractivity contribution in [3.8, 4) is 0 Å². The van der Waals surface area contributed by atoms with Crippen molar-refractivity contribution in [2.24, 2.45) is 5.92 Å². The van der Waals surface area contributed by atoms with E-state index < -0.39 is 0 Å². The number of ether oxygens (including phenoxy) is 1. The van der Waals surface area contributed by atoms with Gasteiger partial charge in [0.25, 0.3) is 0 Å². The molecule has 0 aromatic heterocycles. The summed E-state index contributed by atoms with van der Waals surface area (Å²) in [5.41, 5.74) is 0. The Hall–Kier alpha value is -0.650. The highest BCUT2D eigenvalue weighted by molar-refractivity contribution is 5.78. The lowest BCUT2D eigenvalue weighted by Crippen LogP contribution is -2.43. The molecule has 5 heteroatoms. The quantitative estimate of drug-likeness (QED) is 0.693. The van der Waals surface area contributed by atoms with Crippen LogP contribution in [0.5, 0.6) is 0 Å². The van der Waals surface area contributed by atoms with Gasteiger partial charge in [-0.15, -0.1) is 0 Å². The number of nitrogens with one attached hydrogen (secondary N) is 1. The minimum atomic E-state index is 0.333. The molecule has 116 valence electrons. The van der Waals surface area contributed by atoms with Crippen molar-refractivity contribution in [2.75, 3.05) is 59.5 Å². The molecule has 0 unspecified atom stereocenters. The molecule has 0 radical (unpaired) electrons. The molecule has 1 amide bonds. The summed E-state index contributed by atoms with van der Waals surface area (Å²) in [6, 6.07) is 0. The maximum atomic E-state index is 12.1. The van der Waals surface area contributed by atoms with Gasteiger partial charge in [-0.3, -0.25) is 9.69 Å². The average Bonchev–Trinajstić information content (AvgIpc) is 3.00. The van der Waals surface area contributed by atoms with Crippen LogP contribution in [0, 0.1) is 5.92 Å². The van der Waals surface area contributed by atoms with Crippen molar-refractivity contribution in [1.29, 1.82) is 0 Å². The summed E-state index contributed by atoms with van der Waals surface area (Å²) in [5, 5.41) is 3.44. The third-order valence-electron chi connectivity index (χ3n) is 4.44. The number of carbonyl (C=O) groups excluding carboxylic acids is 1. The van der Waals surface area contributed by atoms with E-state index in [-0.39, 0.29) is 0 Å². The first-order valence-corrected chi connectivity index (χ1v) is 7.99. The Labute approximate surface area is 122 Å². The third-order valence-corrected chi connectivity index (χ3v) is 4.44. The van der Waals surface area contributed by atoms with Gasteiger partial charge in [-0.2, -0.15) is 0 Å². The Morgan fingerprint density at radius 3 is 2.55 bits per heavy atom. The van der Waals surface area contributed by atoms with Gasteiger partial charge in [0.1, 0.15) is 0 Å². The third kappa shape index (κ3) is 5.04. The largest absolute Gasteiger partial charge is 0.383 e. The van der Waals surface area contributed by atoms with Crippen LogP contribution in [0.25, 0.3) is 0 Å². The van der Waals surface area contributed by atoms with E-state index in [4.69, 9.17) is 4.74 Å². The second-order valence-corrected chi connectivity index (χ2v) is 6.00. The molecular formula is C15H29N3O2. The van der Waals surface area contributed by atoms with Gasteiger partial charge in [0.05, 0.1) is 13.2 Å². The van der Waals surface area contributed by atoms with E-state index in [0.29, 0.717) is 12.5 Å². The van der Waals surface area contributed by atoms with Crippen molar-refractivity contribution in [2.45, 2.75) is 25.7 Å². The van der Waals surface area contributed by atoms with E-state index in [2.05, 4.69) is 10.2 Å². The van der Waals surface area contributed by atoms with Crippen LogP contribution in [0.3, 0.4) is 0 Å². The second-order valence-electron chi connectivity index (χ2n) is 6.00. The number of amides is 1. The van der Waals surface area contributed by atoms with E-state index in [9.17, 15) is 4.79 Å². The van der Waals surface area contributed by atoms with Crippen molar-refractivity contribution in [3.63, 3.8) is 0 Å². The summed E-state index contributed by atoms with van der Waals surface area (Å²) >= 11 is 0. The summed E-state index contributed by atoms with van der Waals surface area (Å²) in [6.07, 6.45) is 4.77. The molecule has 0 saturated carbocycles. The predicted molar refractivity (Wildman–Crippen MR) is 79.7 cm³/mol. The normalized spacial score (nSPS) is 21.6. The molecule has 2 fully saturated rings. The summed E-state index contributed by atoms with van der Waals surface area (Å²) < 4.78 is 5.03. The van der Waals surface area contributed by atoms with Crippen LogP contribution in [0.1, 0.15) is 25.7 Å². The lowest BCUT2D eigenvalue weighted by Gasteiger charge is -2.32.